The summed E-state index contributed by atoms with van der Waals surface area (Å²) in [4.78, 5) is 25.0. The molecule has 4 unspecified atom stereocenters. The van der Waals surface area contributed by atoms with E-state index in [0.717, 1.165) is 18.4 Å². The monoisotopic (exact) mass is 449 g/mol. The molecule has 1 aromatic carbocycles. The Morgan fingerprint density at radius 3 is 2.50 bits per heavy atom. The molecule has 1 amide bonds. The van der Waals surface area contributed by atoms with E-state index in [9.17, 15) is 9.59 Å². The highest BCUT2D eigenvalue weighted by atomic mass is 16.6. The average molecular weight is 450 g/mol. The van der Waals surface area contributed by atoms with Crippen molar-refractivity contribution < 1.29 is 28.5 Å². The van der Waals surface area contributed by atoms with E-state index in [4.69, 9.17) is 18.9 Å². The molecule has 0 saturated carbocycles. The van der Waals surface area contributed by atoms with Crippen molar-refractivity contribution in [1.82, 2.24) is 5.32 Å². The first kappa shape index (κ1) is 26.1. The van der Waals surface area contributed by atoms with Crippen LogP contribution in [0, 0.1) is 11.8 Å². The highest BCUT2D eigenvalue weighted by Gasteiger charge is 2.35. The summed E-state index contributed by atoms with van der Waals surface area (Å²) in [6, 6.07) is 9.02. The van der Waals surface area contributed by atoms with Crippen LogP contribution in [0.25, 0.3) is 0 Å². The van der Waals surface area contributed by atoms with E-state index in [1.165, 1.54) is 0 Å². The number of ether oxygens (including phenoxy) is 4. The summed E-state index contributed by atoms with van der Waals surface area (Å²) in [7, 11) is 0. The molecule has 1 N–H and O–H groups in total. The van der Waals surface area contributed by atoms with Gasteiger partial charge in [0.2, 0.25) is 0 Å². The Balaban J connectivity index is 2.11. The number of nitrogens with one attached hydrogen (secondary N) is 1. The van der Waals surface area contributed by atoms with Crippen LogP contribution in [0.15, 0.2) is 30.3 Å². The molecular weight excluding hydrogens is 410 g/mol. The van der Waals surface area contributed by atoms with Gasteiger partial charge < -0.3 is 24.3 Å². The van der Waals surface area contributed by atoms with E-state index in [0.29, 0.717) is 19.1 Å². The number of cyclic esters (lactones) is 1. The van der Waals surface area contributed by atoms with Crippen molar-refractivity contribution in [2.75, 3.05) is 13.2 Å². The Morgan fingerprint density at radius 1 is 1.19 bits per heavy atom. The first-order chi connectivity index (χ1) is 15.0. The summed E-state index contributed by atoms with van der Waals surface area (Å²) in [5.41, 5.74) is 0.406. The lowest BCUT2D eigenvalue weighted by Gasteiger charge is -2.31. The van der Waals surface area contributed by atoms with Gasteiger partial charge in [0, 0.05) is 5.92 Å². The summed E-state index contributed by atoms with van der Waals surface area (Å²) in [6.45, 7) is 12.3. The third kappa shape index (κ3) is 9.17. The average Bonchev–Trinajstić information content (AvgIpc) is 2.74. The lowest BCUT2D eigenvalue weighted by molar-refractivity contribution is -0.156. The minimum atomic E-state index is -0.939. The third-order valence-corrected chi connectivity index (χ3v) is 5.31. The number of alkyl carbamates (subject to hydrolysis) is 1. The molecule has 180 valence electrons. The SMILES string of the molecule is CC(C)CCC1C(C)OC(=O)C(NC(=O)OC(C)(C)C)COCC1OCc1ccccc1. The van der Waals surface area contributed by atoms with Crippen molar-refractivity contribution in [2.45, 2.75) is 84.8 Å². The van der Waals surface area contributed by atoms with Gasteiger partial charge in [-0.1, -0.05) is 50.6 Å². The topological polar surface area (TPSA) is 83.1 Å². The Morgan fingerprint density at radius 2 is 1.88 bits per heavy atom. The van der Waals surface area contributed by atoms with E-state index >= 15 is 0 Å². The van der Waals surface area contributed by atoms with Gasteiger partial charge in [0.1, 0.15) is 11.7 Å². The van der Waals surface area contributed by atoms with E-state index in [-0.39, 0.29) is 24.7 Å². The fourth-order valence-corrected chi connectivity index (χ4v) is 3.59. The highest BCUT2D eigenvalue weighted by molar-refractivity contribution is 5.81. The molecule has 1 saturated heterocycles. The van der Waals surface area contributed by atoms with Crippen molar-refractivity contribution in [3.63, 3.8) is 0 Å². The van der Waals surface area contributed by atoms with Gasteiger partial charge in [0.05, 0.1) is 25.9 Å². The van der Waals surface area contributed by atoms with Crippen LogP contribution in [0.5, 0.6) is 0 Å². The molecule has 1 heterocycles. The van der Waals surface area contributed by atoms with Gasteiger partial charge in [-0.15, -0.1) is 0 Å². The van der Waals surface area contributed by atoms with Crippen molar-refractivity contribution in [3.05, 3.63) is 35.9 Å². The molecule has 0 aromatic heterocycles. The molecule has 1 fully saturated rings. The van der Waals surface area contributed by atoms with Crippen molar-refractivity contribution >= 4 is 12.1 Å². The van der Waals surface area contributed by atoms with Crippen LogP contribution in [0.4, 0.5) is 4.79 Å². The van der Waals surface area contributed by atoms with Crippen LogP contribution in [0.3, 0.4) is 0 Å². The number of hydrogen-bond acceptors (Lipinski definition) is 6. The standard InChI is InChI=1S/C25H39NO6/c1-17(2)12-13-20-18(3)31-23(27)21(26-24(28)32-25(4,5)6)15-29-16-22(20)30-14-19-10-8-7-9-11-19/h7-11,17-18,20-22H,12-16H2,1-6H3,(H,26,28). The number of hydrogen-bond donors (Lipinski definition) is 1. The first-order valence-corrected chi connectivity index (χ1v) is 11.5. The summed E-state index contributed by atoms with van der Waals surface area (Å²) in [6.07, 6.45) is 0.531. The third-order valence-electron chi connectivity index (χ3n) is 5.31. The van der Waals surface area contributed by atoms with Gasteiger partial charge in [-0.05, 0) is 45.6 Å². The molecule has 1 aliphatic rings. The highest BCUT2D eigenvalue weighted by Crippen LogP contribution is 2.26. The summed E-state index contributed by atoms with van der Waals surface area (Å²) >= 11 is 0. The zero-order valence-corrected chi connectivity index (χ0v) is 20.3. The fraction of sp³-hybridized carbons (Fsp3) is 0.680. The second kappa shape index (κ2) is 12.2. The van der Waals surface area contributed by atoms with Gasteiger partial charge in [0.25, 0.3) is 0 Å². The number of rotatable bonds is 7. The maximum absolute atomic E-state index is 12.8. The molecule has 0 aliphatic carbocycles. The maximum atomic E-state index is 12.8. The van der Waals surface area contributed by atoms with Gasteiger partial charge >= 0.3 is 12.1 Å². The molecule has 32 heavy (non-hydrogen) atoms. The van der Waals surface area contributed by atoms with Crippen LogP contribution < -0.4 is 5.32 Å². The van der Waals surface area contributed by atoms with Crippen LogP contribution in [0.1, 0.15) is 59.9 Å². The Hall–Kier alpha value is -2.12. The van der Waals surface area contributed by atoms with E-state index in [1.807, 2.05) is 37.3 Å². The smallest absolute Gasteiger partial charge is 0.408 e. The van der Waals surface area contributed by atoms with Crippen LogP contribution >= 0.6 is 0 Å². The van der Waals surface area contributed by atoms with Gasteiger partial charge in [0.15, 0.2) is 6.04 Å². The van der Waals surface area contributed by atoms with Gasteiger partial charge in [-0.2, -0.15) is 0 Å². The van der Waals surface area contributed by atoms with Crippen LogP contribution in [-0.4, -0.2) is 49.1 Å². The van der Waals surface area contributed by atoms with E-state index in [2.05, 4.69) is 19.2 Å². The lowest BCUT2D eigenvalue weighted by atomic mass is 9.89. The zero-order chi connectivity index (χ0) is 23.7. The zero-order valence-electron chi connectivity index (χ0n) is 20.3. The summed E-state index contributed by atoms with van der Waals surface area (Å²) in [5.74, 6) is -0.0326. The molecule has 7 nitrogen and oxygen atoms in total. The second-order valence-corrected chi connectivity index (χ2v) is 9.85. The van der Waals surface area contributed by atoms with Gasteiger partial charge in [-0.3, -0.25) is 0 Å². The van der Waals surface area contributed by atoms with Gasteiger partial charge in [-0.25, -0.2) is 9.59 Å². The number of amides is 1. The van der Waals surface area contributed by atoms with Crippen LogP contribution in [-0.2, 0) is 30.3 Å². The molecule has 0 spiro atoms. The molecule has 1 aromatic rings. The molecule has 1 aliphatic heterocycles. The van der Waals surface area contributed by atoms with Crippen LogP contribution in [0.2, 0.25) is 0 Å². The number of carbonyl (C=O) groups excluding carboxylic acids is 2. The Bertz CT molecular complexity index is 715. The summed E-state index contributed by atoms with van der Waals surface area (Å²) in [5, 5.41) is 2.58. The lowest BCUT2D eigenvalue weighted by Crippen LogP contribution is -2.47. The minimum Gasteiger partial charge on any atom is -0.461 e. The quantitative estimate of drug-likeness (QED) is 0.618. The van der Waals surface area contributed by atoms with E-state index < -0.39 is 23.7 Å². The molecular formula is C25H39NO6. The van der Waals surface area contributed by atoms with Crippen molar-refractivity contribution in [2.24, 2.45) is 11.8 Å². The first-order valence-electron chi connectivity index (χ1n) is 11.5. The normalized spacial score (nSPS) is 24.8. The fourth-order valence-electron chi connectivity index (χ4n) is 3.59. The maximum Gasteiger partial charge on any atom is 0.408 e. The van der Waals surface area contributed by atoms with Crippen molar-refractivity contribution in [3.8, 4) is 0 Å². The Kier molecular flexibility index (Phi) is 9.97. The predicted octanol–water partition coefficient (Wildman–Crippen LogP) is 4.48. The molecule has 4 atom stereocenters. The number of benzene rings is 1. The van der Waals surface area contributed by atoms with E-state index in [1.54, 1.807) is 20.8 Å². The molecule has 0 bridgehead atoms. The number of esters is 1. The molecule has 7 heteroatoms. The minimum absolute atomic E-state index is 0.00705. The Labute approximate surface area is 192 Å². The number of carbonyl (C=O) groups is 2. The molecule has 0 radical (unpaired) electrons. The largest absolute Gasteiger partial charge is 0.461 e. The van der Waals surface area contributed by atoms with Crippen molar-refractivity contribution in [1.29, 1.82) is 0 Å². The molecule has 2 rings (SSSR count). The predicted molar refractivity (Wildman–Crippen MR) is 122 cm³/mol. The summed E-state index contributed by atoms with van der Waals surface area (Å²) < 4.78 is 23.2. The second-order valence-electron chi connectivity index (χ2n) is 9.85.